The minimum Gasteiger partial charge on any atom is -0.342 e. The molecule has 1 N–H and O–H groups in total. The SMILES string of the molecule is CC1(C)NC(=O)N(CCC(=O)N2C[C@H]3CCc4cn(C(C)(C)C)nc4[C@H]3C2)C1=O. The third-order valence-electron chi connectivity index (χ3n) is 6.43. The van der Waals surface area contributed by atoms with Crippen LogP contribution in [0.5, 0.6) is 0 Å². The Labute approximate surface area is 171 Å². The summed E-state index contributed by atoms with van der Waals surface area (Å²) in [6, 6.07) is -0.416. The molecular weight excluding hydrogens is 370 g/mol. The molecule has 2 saturated heterocycles. The van der Waals surface area contributed by atoms with E-state index in [-0.39, 0.29) is 36.2 Å². The van der Waals surface area contributed by atoms with Gasteiger partial charge in [-0.15, -0.1) is 0 Å². The number of nitrogens with zero attached hydrogens (tertiary/aromatic N) is 4. The topological polar surface area (TPSA) is 87.5 Å². The summed E-state index contributed by atoms with van der Waals surface area (Å²) in [7, 11) is 0. The van der Waals surface area contributed by atoms with Crippen LogP contribution in [0.2, 0.25) is 0 Å². The summed E-state index contributed by atoms with van der Waals surface area (Å²) in [6.45, 7) is 11.3. The number of carbonyl (C=O) groups is 3. The van der Waals surface area contributed by atoms with E-state index < -0.39 is 11.6 Å². The zero-order valence-electron chi connectivity index (χ0n) is 18.0. The molecule has 1 aromatic heterocycles. The zero-order valence-corrected chi connectivity index (χ0v) is 18.0. The highest BCUT2D eigenvalue weighted by Gasteiger charge is 2.45. The first-order chi connectivity index (χ1) is 13.5. The van der Waals surface area contributed by atoms with Gasteiger partial charge in [0.25, 0.3) is 5.91 Å². The number of urea groups is 1. The highest BCUT2D eigenvalue weighted by atomic mass is 16.2. The maximum absolute atomic E-state index is 12.8. The summed E-state index contributed by atoms with van der Waals surface area (Å²) in [5.41, 5.74) is 1.49. The lowest BCUT2D eigenvalue weighted by Gasteiger charge is -2.22. The summed E-state index contributed by atoms with van der Waals surface area (Å²) < 4.78 is 2.05. The lowest BCUT2D eigenvalue weighted by atomic mass is 9.81. The van der Waals surface area contributed by atoms with Gasteiger partial charge in [0, 0.05) is 38.2 Å². The van der Waals surface area contributed by atoms with Crippen LogP contribution in [-0.2, 0) is 21.5 Å². The normalized spacial score (nSPS) is 25.8. The maximum Gasteiger partial charge on any atom is 0.325 e. The van der Waals surface area contributed by atoms with Crippen LogP contribution in [0.25, 0.3) is 0 Å². The Morgan fingerprint density at radius 2 is 2.00 bits per heavy atom. The summed E-state index contributed by atoms with van der Waals surface area (Å²) >= 11 is 0. The van der Waals surface area contributed by atoms with E-state index in [4.69, 9.17) is 5.10 Å². The van der Waals surface area contributed by atoms with E-state index in [1.807, 2.05) is 9.58 Å². The fraction of sp³-hybridized carbons (Fsp3) is 0.714. The molecule has 4 amide bonds. The fourth-order valence-electron chi connectivity index (χ4n) is 4.68. The predicted octanol–water partition coefficient (Wildman–Crippen LogP) is 1.85. The van der Waals surface area contributed by atoms with Crippen LogP contribution in [0.4, 0.5) is 4.79 Å². The molecule has 0 unspecified atom stereocenters. The second-order valence-corrected chi connectivity index (χ2v) is 10.1. The number of fused-ring (bicyclic) bond motifs is 3. The Morgan fingerprint density at radius 3 is 2.62 bits per heavy atom. The van der Waals surface area contributed by atoms with Crippen LogP contribution in [-0.4, -0.2) is 62.6 Å². The average Bonchev–Trinajstić information content (AvgIpc) is 3.28. The molecule has 0 radical (unpaired) electrons. The average molecular weight is 402 g/mol. The number of aryl methyl sites for hydroxylation is 1. The van der Waals surface area contributed by atoms with Gasteiger partial charge in [-0.05, 0) is 58.9 Å². The van der Waals surface area contributed by atoms with Gasteiger partial charge in [0.1, 0.15) is 5.54 Å². The van der Waals surface area contributed by atoms with Crippen molar-refractivity contribution in [2.24, 2.45) is 5.92 Å². The highest BCUT2D eigenvalue weighted by molar-refractivity contribution is 6.06. The van der Waals surface area contributed by atoms with E-state index >= 15 is 0 Å². The van der Waals surface area contributed by atoms with Gasteiger partial charge in [-0.2, -0.15) is 5.10 Å². The van der Waals surface area contributed by atoms with Gasteiger partial charge in [-0.25, -0.2) is 4.79 Å². The zero-order chi connectivity index (χ0) is 21.1. The Bertz CT molecular complexity index is 866. The number of hydrogen-bond donors (Lipinski definition) is 1. The summed E-state index contributed by atoms with van der Waals surface area (Å²) in [4.78, 5) is 40.2. The Hall–Kier alpha value is -2.38. The number of imide groups is 1. The van der Waals surface area contributed by atoms with Gasteiger partial charge in [-0.3, -0.25) is 19.2 Å². The van der Waals surface area contributed by atoms with Crippen molar-refractivity contribution in [1.82, 2.24) is 24.9 Å². The van der Waals surface area contributed by atoms with Crippen LogP contribution in [0.3, 0.4) is 0 Å². The van der Waals surface area contributed by atoms with Gasteiger partial charge in [0.05, 0.1) is 11.2 Å². The molecule has 0 bridgehead atoms. The molecule has 3 aliphatic rings. The van der Waals surface area contributed by atoms with Crippen LogP contribution in [0, 0.1) is 5.92 Å². The van der Waals surface area contributed by atoms with Crippen LogP contribution in [0.15, 0.2) is 6.20 Å². The number of aromatic nitrogens is 2. The molecule has 29 heavy (non-hydrogen) atoms. The monoisotopic (exact) mass is 401 g/mol. The molecule has 2 aliphatic heterocycles. The number of rotatable bonds is 3. The van der Waals surface area contributed by atoms with Crippen molar-refractivity contribution in [2.45, 2.75) is 70.9 Å². The first-order valence-corrected chi connectivity index (χ1v) is 10.5. The molecule has 2 fully saturated rings. The smallest absolute Gasteiger partial charge is 0.325 e. The molecule has 0 spiro atoms. The highest BCUT2D eigenvalue weighted by Crippen LogP contribution is 2.41. The number of amides is 4. The number of nitrogens with one attached hydrogen (secondary N) is 1. The molecular formula is C21H31N5O3. The molecule has 8 nitrogen and oxygen atoms in total. The predicted molar refractivity (Wildman–Crippen MR) is 107 cm³/mol. The van der Waals surface area contributed by atoms with Gasteiger partial charge >= 0.3 is 6.03 Å². The molecule has 2 atom stereocenters. The number of carbonyl (C=O) groups excluding carboxylic acids is 3. The molecule has 3 heterocycles. The second kappa shape index (κ2) is 6.57. The summed E-state index contributed by atoms with van der Waals surface area (Å²) in [6.07, 6.45) is 4.40. The van der Waals surface area contributed by atoms with Gasteiger partial charge < -0.3 is 10.2 Å². The Balaban J connectivity index is 1.41. The van der Waals surface area contributed by atoms with Crippen LogP contribution >= 0.6 is 0 Å². The standard InChI is InChI=1S/C21H31N5O3/c1-20(2,3)26-11-14-7-6-13-10-24(12-15(13)17(14)23-26)16(27)8-9-25-18(28)21(4,5)22-19(25)29/h11,13,15H,6-10,12H2,1-5H3,(H,22,29)/t13-,15+/m1/s1. The van der Waals surface area contributed by atoms with E-state index in [1.54, 1.807) is 13.8 Å². The lowest BCUT2D eigenvalue weighted by molar-refractivity contribution is -0.132. The van der Waals surface area contributed by atoms with Crippen molar-refractivity contribution >= 4 is 17.8 Å². The molecule has 4 rings (SSSR count). The summed E-state index contributed by atoms with van der Waals surface area (Å²) in [5.74, 6) is 0.441. The van der Waals surface area contributed by atoms with Gasteiger partial charge in [-0.1, -0.05) is 0 Å². The van der Waals surface area contributed by atoms with Crippen LogP contribution in [0.1, 0.15) is 64.6 Å². The van der Waals surface area contributed by atoms with Crippen molar-refractivity contribution < 1.29 is 14.4 Å². The van der Waals surface area contributed by atoms with Crippen molar-refractivity contribution in [3.63, 3.8) is 0 Å². The van der Waals surface area contributed by atoms with Gasteiger partial charge in [0.15, 0.2) is 0 Å². The Kier molecular flexibility index (Phi) is 4.51. The second-order valence-electron chi connectivity index (χ2n) is 10.1. The molecule has 1 aromatic rings. The summed E-state index contributed by atoms with van der Waals surface area (Å²) in [5, 5.41) is 7.53. The molecule has 0 aromatic carbocycles. The number of hydrogen-bond acceptors (Lipinski definition) is 4. The first-order valence-electron chi connectivity index (χ1n) is 10.5. The van der Waals surface area contributed by atoms with Crippen molar-refractivity contribution in [2.75, 3.05) is 19.6 Å². The third kappa shape index (κ3) is 3.42. The molecule has 1 aliphatic carbocycles. The van der Waals surface area contributed by atoms with E-state index in [9.17, 15) is 14.4 Å². The quantitative estimate of drug-likeness (QED) is 0.783. The van der Waals surface area contributed by atoms with E-state index in [0.717, 1.165) is 30.0 Å². The van der Waals surface area contributed by atoms with Crippen molar-refractivity contribution in [1.29, 1.82) is 0 Å². The van der Waals surface area contributed by atoms with Crippen molar-refractivity contribution in [3.05, 3.63) is 17.5 Å². The lowest BCUT2D eigenvalue weighted by Crippen LogP contribution is -2.41. The third-order valence-corrected chi connectivity index (χ3v) is 6.43. The van der Waals surface area contributed by atoms with Gasteiger partial charge in [0.2, 0.25) is 5.91 Å². The minimum absolute atomic E-state index is 0.00140. The van der Waals surface area contributed by atoms with E-state index in [2.05, 4.69) is 32.3 Å². The number of likely N-dealkylation sites (tertiary alicyclic amines) is 1. The maximum atomic E-state index is 12.8. The van der Waals surface area contributed by atoms with E-state index in [1.165, 1.54) is 5.56 Å². The van der Waals surface area contributed by atoms with Crippen molar-refractivity contribution in [3.8, 4) is 0 Å². The Morgan fingerprint density at radius 1 is 1.28 bits per heavy atom. The molecule has 158 valence electrons. The molecule has 0 saturated carbocycles. The fourth-order valence-corrected chi connectivity index (χ4v) is 4.68. The minimum atomic E-state index is -0.898. The van der Waals surface area contributed by atoms with E-state index in [0.29, 0.717) is 12.5 Å². The molecule has 8 heteroatoms. The van der Waals surface area contributed by atoms with Crippen LogP contribution < -0.4 is 5.32 Å². The first kappa shape index (κ1) is 19.9. The largest absolute Gasteiger partial charge is 0.342 e.